The second-order valence-corrected chi connectivity index (χ2v) is 9.12. The fourth-order valence-corrected chi connectivity index (χ4v) is 4.67. The third-order valence-corrected chi connectivity index (χ3v) is 6.37. The van der Waals surface area contributed by atoms with Gasteiger partial charge >= 0.3 is 0 Å². The first-order valence-electron chi connectivity index (χ1n) is 11.5. The Bertz CT molecular complexity index is 1320. The average molecular weight is 470 g/mol. The van der Waals surface area contributed by atoms with Gasteiger partial charge in [-0.3, -0.25) is 0 Å². The summed E-state index contributed by atoms with van der Waals surface area (Å²) in [6.07, 6.45) is 0. The maximum absolute atomic E-state index is 10.6. The number of phenols is 3. The monoisotopic (exact) mass is 469 g/mol. The molecule has 3 N–H and O–H groups in total. The first-order valence-corrected chi connectivity index (χ1v) is 11.5. The standard InChI is InChI=1S/C30H31NO4/c1-17-11-12-26(34)30(22(17)6)35-27-10-8-7-9-25(27)31(28-18(2)13-23(32)14-19(28)3)29-20(4)15-24(33)16-21(29)5/h7-16,32-34H,1-6H3. The van der Waals surface area contributed by atoms with Gasteiger partial charge in [0.1, 0.15) is 11.5 Å². The molecule has 0 saturated carbocycles. The Hall–Kier alpha value is -4.12. The summed E-state index contributed by atoms with van der Waals surface area (Å²) in [5.41, 5.74) is 8.00. The van der Waals surface area contributed by atoms with Gasteiger partial charge in [-0.25, -0.2) is 0 Å². The van der Waals surface area contributed by atoms with Gasteiger partial charge < -0.3 is 25.0 Å². The summed E-state index contributed by atoms with van der Waals surface area (Å²) in [5.74, 6) is 1.45. The van der Waals surface area contributed by atoms with E-state index in [4.69, 9.17) is 4.74 Å². The van der Waals surface area contributed by atoms with Crippen molar-refractivity contribution in [1.82, 2.24) is 0 Å². The molecule has 0 radical (unpaired) electrons. The Morgan fingerprint density at radius 3 is 1.60 bits per heavy atom. The van der Waals surface area contributed by atoms with Crippen LogP contribution >= 0.6 is 0 Å². The number of rotatable bonds is 5. The minimum absolute atomic E-state index is 0.0726. The normalized spacial score (nSPS) is 10.9. The summed E-state index contributed by atoms with van der Waals surface area (Å²) in [6, 6.07) is 18.1. The van der Waals surface area contributed by atoms with Crippen molar-refractivity contribution in [3.63, 3.8) is 0 Å². The average Bonchev–Trinajstić information content (AvgIpc) is 2.77. The molecule has 0 aliphatic carbocycles. The molecule has 0 aliphatic rings. The molecule has 0 aromatic heterocycles. The van der Waals surface area contributed by atoms with Gasteiger partial charge in [-0.05, 0) is 117 Å². The van der Waals surface area contributed by atoms with Gasteiger partial charge in [-0.1, -0.05) is 18.2 Å². The van der Waals surface area contributed by atoms with Gasteiger partial charge in [0, 0.05) is 0 Å². The van der Waals surface area contributed by atoms with E-state index < -0.39 is 0 Å². The van der Waals surface area contributed by atoms with Crippen LogP contribution in [0.2, 0.25) is 0 Å². The second-order valence-electron chi connectivity index (χ2n) is 9.12. The van der Waals surface area contributed by atoms with Gasteiger partial charge in [-0.2, -0.15) is 0 Å². The molecule has 4 aromatic carbocycles. The van der Waals surface area contributed by atoms with E-state index in [2.05, 4.69) is 4.90 Å². The molecule has 0 amide bonds. The van der Waals surface area contributed by atoms with Crippen molar-refractivity contribution in [2.24, 2.45) is 0 Å². The number of ether oxygens (including phenoxy) is 1. The Morgan fingerprint density at radius 1 is 0.600 bits per heavy atom. The maximum atomic E-state index is 10.6. The number of aryl methyl sites for hydroxylation is 5. The highest BCUT2D eigenvalue weighted by molar-refractivity contribution is 5.86. The third-order valence-electron chi connectivity index (χ3n) is 6.37. The number of anilines is 3. The lowest BCUT2D eigenvalue weighted by molar-refractivity contribution is 0.409. The van der Waals surface area contributed by atoms with E-state index >= 15 is 0 Å². The van der Waals surface area contributed by atoms with Crippen LogP contribution in [-0.2, 0) is 0 Å². The largest absolute Gasteiger partial charge is 0.508 e. The highest BCUT2D eigenvalue weighted by atomic mass is 16.5. The van der Waals surface area contributed by atoms with Gasteiger partial charge in [0.05, 0.1) is 17.1 Å². The van der Waals surface area contributed by atoms with Gasteiger partial charge in [0.15, 0.2) is 17.2 Å². The van der Waals surface area contributed by atoms with Crippen LogP contribution in [0.4, 0.5) is 17.1 Å². The van der Waals surface area contributed by atoms with Crippen LogP contribution < -0.4 is 9.64 Å². The molecule has 4 aromatic rings. The van der Waals surface area contributed by atoms with E-state index in [1.807, 2.05) is 71.9 Å². The number of para-hydroxylation sites is 2. The van der Waals surface area contributed by atoms with Crippen molar-refractivity contribution >= 4 is 17.1 Å². The van der Waals surface area contributed by atoms with Crippen molar-refractivity contribution in [3.8, 4) is 28.7 Å². The number of nitrogens with zero attached hydrogens (tertiary/aromatic N) is 1. The van der Waals surface area contributed by atoms with E-state index in [1.165, 1.54) is 0 Å². The highest BCUT2D eigenvalue weighted by Crippen LogP contribution is 2.48. The molecule has 4 rings (SSSR count). The Morgan fingerprint density at radius 2 is 1.09 bits per heavy atom. The fourth-order valence-electron chi connectivity index (χ4n) is 4.67. The van der Waals surface area contributed by atoms with Crippen LogP contribution in [0, 0.1) is 41.5 Å². The third kappa shape index (κ3) is 4.50. The lowest BCUT2D eigenvalue weighted by Crippen LogP contribution is -2.16. The topological polar surface area (TPSA) is 73.2 Å². The van der Waals surface area contributed by atoms with Crippen molar-refractivity contribution in [1.29, 1.82) is 0 Å². The van der Waals surface area contributed by atoms with Crippen LogP contribution in [0.1, 0.15) is 33.4 Å². The summed E-state index contributed by atoms with van der Waals surface area (Å²) >= 11 is 0. The molecule has 0 saturated heterocycles. The van der Waals surface area contributed by atoms with Crippen molar-refractivity contribution in [3.05, 3.63) is 94.0 Å². The van der Waals surface area contributed by atoms with Crippen molar-refractivity contribution in [2.75, 3.05) is 4.90 Å². The van der Waals surface area contributed by atoms with Crippen LogP contribution in [-0.4, -0.2) is 15.3 Å². The summed E-state index contributed by atoms with van der Waals surface area (Å²) in [5, 5.41) is 31.0. The van der Waals surface area contributed by atoms with Crippen LogP contribution in [0.25, 0.3) is 0 Å². The number of hydrogen-bond donors (Lipinski definition) is 3. The molecule has 0 unspecified atom stereocenters. The second kappa shape index (κ2) is 9.26. The minimum atomic E-state index is 0.0726. The smallest absolute Gasteiger partial charge is 0.172 e. The number of benzene rings is 4. The van der Waals surface area contributed by atoms with E-state index in [0.717, 1.165) is 50.4 Å². The summed E-state index contributed by atoms with van der Waals surface area (Å²) in [6.45, 7) is 11.7. The number of hydrogen-bond acceptors (Lipinski definition) is 5. The molecule has 0 spiro atoms. The van der Waals surface area contributed by atoms with Crippen molar-refractivity contribution in [2.45, 2.75) is 41.5 Å². The number of phenolic OH excluding ortho intramolecular Hbond substituents is 3. The lowest BCUT2D eigenvalue weighted by Gasteiger charge is -2.32. The Kier molecular flexibility index (Phi) is 6.35. The summed E-state index contributed by atoms with van der Waals surface area (Å²) in [7, 11) is 0. The van der Waals surface area contributed by atoms with Gasteiger partial charge in [0.25, 0.3) is 0 Å². The van der Waals surface area contributed by atoms with E-state index in [1.54, 1.807) is 30.3 Å². The number of aromatic hydroxyl groups is 3. The first-order chi connectivity index (χ1) is 16.6. The van der Waals surface area contributed by atoms with Crippen LogP contribution in [0.3, 0.4) is 0 Å². The zero-order valence-electron chi connectivity index (χ0n) is 21.0. The quantitative estimate of drug-likeness (QED) is 0.277. The molecule has 5 heteroatoms. The molecular formula is C30H31NO4. The van der Waals surface area contributed by atoms with Crippen LogP contribution in [0.15, 0.2) is 60.7 Å². The molecule has 0 atom stereocenters. The molecule has 0 fully saturated rings. The minimum Gasteiger partial charge on any atom is -0.508 e. The summed E-state index contributed by atoms with van der Waals surface area (Å²) in [4.78, 5) is 2.10. The maximum Gasteiger partial charge on any atom is 0.172 e. The Balaban J connectivity index is 2.01. The van der Waals surface area contributed by atoms with Crippen molar-refractivity contribution < 1.29 is 20.1 Å². The highest BCUT2D eigenvalue weighted by Gasteiger charge is 2.25. The van der Waals surface area contributed by atoms with Gasteiger partial charge in [0.2, 0.25) is 0 Å². The molecule has 5 nitrogen and oxygen atoms in total. The SMILES string of the molecule is Cc1ccc(O)c(Oc2ccccc2N(c2c(C)cc(O)cc2C)c2c(C)cc(O)cc2C)c1C. The molecular weight excluding hydrogens is 438 g/mol. The lowest BCUT2D eigenvalue weighted by atomic mass is 10.0. The summed E-state index contributed by atoms with van der Waals surface area (Å²) < 4.78 is 6.39. The molecule has 0 bridgehead atoms. The molecule has 0 aliphatic heterocycles. The zero-order valence-corrected chi connectivity index (χ0v) is 21.0. The Labute approximate surface area is 206 Å². The van der Waals surface area contributed by atoms with E-state index in [9.17, 15) is 15.3 Å². The van der Waals surface area contributed by atoms with Gasteiger partial charge in [-0.15, -0.1) is 0 Å². The predicted molar refractivity (Wildman–Crippen MR) is 141 cm³/mol. The zero-order chi connectivity index (χ0) is 25.4. The van der Waals surface area contributed by atoms with E-state index in [0.29, 0.717) is 11.5 Å². The molecule has 35 heavy (non-hydrogen) atoms. The molecule has 180 valence electrons. The fraction of sp³-hybridized carbons (Fsp3) is 0.200. The predicted octanol–water partition coefficient (Wildman–Crippen LogP) is 7.92. The van der Waals surface area contributed by atoms with E-state index in [-0.39, 0.29) is 17.2 Å². The first kappa shape index (κ1) is 24.0. The van der Waals surface area contributed by atoms with Crippen LogP contribution in [0.5, 0.6) is 28.7 Å². The molecule has 0 heterocycles.